The van der Waals surface area contributed by atoms with E-state index in [1.165, 1.54) is 0 Å². The highest BCUT2D eigenvalue weighted by atomic mass is 16.5. The summed E-state index contributed by atoms with van der Waals surface area (Å²) in [5, 5.41) is 3.16. The van der Waals surface area contributed by atoms with Crippen molar-refractivity contribution in [3.63, 3.8) is 0 Å². The number of amides is 3. The number of piperidine rings is 1. The molecule has 0 bridgehead atoms. The van der Waals surface area contributed by atoms with Gasteiger partial charge in [0.1, 0.15) is 6.10 Å². The Morgan fingerprint density at radius 1 is 0.971 bits per heavy atom. The van der Waals surface area contributed by atoms with E-state index in [1.54, 1.807) is 0 Å². The largest absolute Gasteiger partial charge is 0.371 e. The van der Waals surface area contributed by atoms with Crippen molar-refractivity contribution in [2.24, 2.45) is 5.92 Å². The quantitative estimate of drug-likeness (QED) is 0.690. The summed E-state index contributed by atoms with van der Waals surface area (Å²) >= 11 is 0. The van der Waals surface area contributed by atoms with E-state index in [0.29, 0.717) is 50.7 Å². The molecule has 3 aliphatic rings. The Labute approximate surface area is 202 Å². The average molecular weight is 471 g/mol. The lowest BCUT2D eigenvalue weighted by Crippen LogP contribution is -2.53. The van der Waals surface area contributed by atoms with Gasteiger partial charge in [-0.2, -0.15) is 0 Å². The number of anilines is 1. The Morgan fingerprint density at radius 2 is 1.65 bits per heavy atom. The first-order valence-electron chi connectivity index (χ1n) is 12.8. The van der Waals surface area contributed by atoms with Gasteiger partial charge >= 0.3 is 0 Å². The molecule has 3 heterocycles. The summed E-state index contributed by atoms with van der Waals surface area (Å²) in [7, 11) is 0. The van der Waals surface area contributed by atoms with Crippen LogP contribution in [0.2, 0.25) is 0 Å². The molecule has 186 valence electrons. The Hall–Kier alpha value is -2.61. The maximum Gasteiger partial charge on any atom is 0.256 e. The van der Waals surface area contributed by atoms with Crippen LogP contribution in [-0.4, -0.2) is 85.5 Å². The number of hydrogen-bond acceptors (Lipinski definition) is 5. The average Bonchev–Trinajstić information content (AvgIpc) is 3.38. The van der Waals surface area contributed by atoms with Gasteiger partial charge in [0.05, 0.1) is 5.56 Å². The Kier molecular flexibility index (Phi) is 8.08. The fraction of sp³-hybridized carbons (Fsp3) is 0.654. The molecule has 3 aliphatic heterocycles. The van der Waals surface area contributed by atoms with Crippen LogP contribution in [-0.2, 0) is 14.3 Å². The van der Waals surface area contributed by atoms with Crippen molar-refractivity contribution in [3.8, 4) is 0 Å². The van der Waals surface area contributed by atoms with E-state index in [4.69, 9.17) is 4.74 Å². The first-order valence-corrected chi connectivity index (χ1v) is 12.8. The summed E-state index contributed by atoms with van der Waals surface area (Å²) in [6.07, 6.45) is 3.73. The maximum absolute atomic E-state index is 13.4. The van der Waals surface area contributed by atoms with Crippen LogP contribution in [0.25, 0.3) is 0 Å². The summed E-state index contributed by atoms with van der Waals surface area (Å²) in [4.78, 5) is 44.1. The predicted octanol–water partition coefficient (Wildman–Crippen LogP) is 2.28. The smallest absolute Gasteiger partial charge is 0.256 e. The van der Waals surface area contributed by atoms with Crippen molar-refractivity contribution < 1.29 is 19.1 Å². The van der Waals surface area contributed by atoms with Crippen molar-refractivity contribution in [2.45, 2.75) is 58.1 Å². The molecule has 4 rings (SSSR count). The molecule has 8 nitrogen and oxygen atoms in total. The third-order valence-corrected chi connectivity index (χ3v) is 7.01. The molecule has 3 fully saturated rings. The van der Waals surface area contributed by atoms with E-state index in [1.807, 2.05) is 34.1 Å². The van der Waals surface area contributed by atoms with Crippen LogP contribution in [0.4, 0.5) is 5.69 Å². The van der Waals surface area contributed by atoms with Gasteiger partial charge in [0.15, 0.2) is 0 Å². The normalized spacial score (nSPS) is 21.7. The zero-order valence-corrected chi connectivity index (χ0v) is 20.5. The first kappa shape index (κ1) is 24.5. The van der Waals surface area contributed by atoms with Gasteiger partial charge in [-0.05, 0) is 43.7 Å². The molecule has 0 unspecified atom stereocenters. The molecule has 34 heavy (non-hydrogen) atoms. The van der Waals surface area contributed by atoms with Crippen molar-refractivity contribution in [1.29, 1.82) is 0 Å². The van der Waals surface area contributed by atoms with Crippen LogP contribution < -0.4 is 10.2 Å². The molecule has 3 amide bonds. The van der Waals surface area contributed by atoms with Gasteiger partial charge in [-0.1, -0.05) is 26.0 Å². The molecule has 1 atom stereocenters. The van der Waals surface area contributed by atoms with Gasteiger partial charge in [0.25, 0.3) is 11.8 Å². The molecule has 0 aliphatic carbocycles. The van der Waals surface area contributed by atoms with Crippen molar-refractivity contribution in [3.05, 3.63) is 29.8 Å². The lowest BCUT2D eigenvalue weighted by molar-refractivity contribution is -0.142. The second-order valence-electron chi connectivity index (χ2n) is 10.1. The van der Waals surface area contributed by atoms with Gasteiger partial charge in [-0.15, -0.1) is 0 Å². The summed E-state index contributed by atoms with van der Waals surface area (Å²) in [5.74, 6) is 0.565. The van der Waals surface area contributed by atoms with E-state index >= 15 is 0 Å². The molecule has 8 heteroatoms. The number of ether oxygens (including phenoxy) is 1. The lowest BCUT2D eigenvalue weighted by Gasteiger charge is -2.38. The predicted molar refractivity (Wildman–Crippen MR) is 131 cm³/mol. The van der Waals surface area contributed by atoms with Gasteiger partial charge in [-0.25, -0.2) is 0 Å². The number of nitrogens with one attached hydrogen (secondary N) is 1. The number of benzene rings is 1. The molecule has 0 saturated carbocycles. The zero-order valence-electron chi connectivity index (χ0n) is 20.5. The highest BCUT2D eigenvalue weighted by molar-refractivity contribution is 6.00. The molecule has 1 aromatic rings. The van der Waals surface area contributed by atoms with Crippen molar-refractivity contribution in [2.75, 3.05) is 50.8 Å². The minimum Gasteiger partial charge on any atom is -0.371 e. The molecule has 1 N–H and O–H groups in total. The van der Waals surface area contributed by atoms with E-state index in [9.17, 15) is 14.4 Å². The molecule has 0 radical (unpaired) electrons. The number of carbonyl (C=O) groups excluding carboxylic acids is 3. The van der Waals surface area contributed by atoms with E-state index in [0.717, 1.165) is 44.5 Å². The van der Waals surface area contributed by atoms with E-state index in [-0.39, 0.29) is 29.9 Å². The third-order valence-electron chi connectivity index (χ3n) is 7.01. The van der Waals surface area contributed by atoms with Crippen LogP contribution in [0.1, 0.15) is 56.3 Å². The van der Waals surface area contributed by atoms with Crippen LogP contribution in [0.5, 0.6) is 0 Å². The van der Waals surface area contributed by atoms with Crippen molar-refractivity contribution >= 4 is 23.4 Å². The fourth-order valence-corrected chi connectivity index (χ4v) is 5.13. The number of rotatable bonds is 6. The maximum atomic E-state index is 13.4. The SMILES string of the molecule is CC(C)CC(=O)NC1CCN(c2ccccc2C(=O)N2CCN(C(=O)[C@@H]3CCCO3)CC2)CC1. The molecular formula is C26H38N4O4. The summed E-state index contributed by atoms with van der Waals surface area (Å²) in [6, 6.07) is 7.99. The van der Waals surface area contributed by atoms with Crippen LogP contribution in [0.15, 0.2) is 24.3 Å². The topological polar surface area (TPSA) is 82.2 Å². The Morgan fingerprint density at radius 3 is 2.29 bits per heavy atom. The molecule has 3 saturated heterocycles. The van der Waals surface area contributed by atoms with E-state index in [2.05, 4.69) is 24.1 Å². The Bertz CT molecular complexity index is 867. The number of carbonyl (C=O) groups is 3. The standard InChI is InChI=1S/C26H38N4O4/c1-19(2)18-24(31)27-20-9-11-28(12-10-20)22-7-4-3-6-21(22)25(32)29-13-15-30(16-14-29)26(33)23-8-5-17-34-23/h3-4,6-7,19-20,23H,5,8-18H2,1-2H3,(H,27,31)/t23-/m0/s1. The number of nitrogens with zero attached hydrogens (tertiary/aromatic N) is 3. The summed E-state index contributed by atoms with van der Waals surface area (Å²) in [5.41, 5.74) is 1.67. The van der Waals surface area contributed by atoms with E-state index < -0.39 is 0 Å². The highest BCUT2D eigenvalue weighted by Gasteiger charge is 2.32. The second-order valence-corrected chi connectivity index (χ2v) is 10.1. The second kappa shape index (κ2) is 11.2. The third kappa shape index (κ3) is 5.90. The molecule has 0 spiro atoms. The van der Waals surface area contributed by atoms with Gasteiger partial charge in [0.2, 0.25) is 5.91 Å². The minimum absolute atomic E-state index is 0.0205. The molecular weight excluding hydrogens is 432 g/mol. The van der Waals surface area contributed by atoms with Crippen LogP contribution in [0.3, 0.4) is 0 Å². The van der Waals surface area contributed by atoms with Crippen molar-refractivity contribution in [1.82, 2.24) is 15.1 Å². The van der Waals surface area contributed by atoms with Gasteiger partial charge in [0, 0.05) is 64.0 Å². The molecule has 0 aromatic heterocycles. The number of hydrogen-bond donors (Lipinski definition) is 1. The lowest BCUT2D eigenvalue weighted by atomic mass is 10.0. The number of para-hydroxylation sites is 1. The zero-order chi connectivity index (χ0) is 24.1. The minimum atomic E-state index is -0.305. The number of piperazine rings is 1. The Balaban J connectivity index is 1.32. The monoisotopic (exact) mass is 470 g/mol. The fourth-order valence-electron chi connectivity index (χ4n) is 5.13. The summed E-state index contributed by atoms with van der Waals surface area (Å²) in [6.45, 7) is 8.55. The van der Waals surface area contributed by atoms with Gasteiger partial charge in [-0.3, -0.25) is 14.4 Å². The highest BCUT2D eigenvalue weighted by Crippen LogP contribution is 2.26. The summed E-state index contributed by atoms with van der Waals surface area (Å²) < 4.78 is 5.54. The van der Waals surface area contributed by atoms with Gasteiger partial charge < -0.3 is 24.8 Å². The van der Waals surface area contributed by atoms with Crippen LogP contribution in [0, 0.1) is 5.92 Å². The van der Waals surface area contributed by atoms with Crippen LogP contribution >= 0.6 is 0 Å². The molecule has 1 aromatic carbocycles. The first-order chi connectivity index (χ1) is 16.4.